The number of hydrogen-bond donors (Lipinski definition) is 1. The van der Waals surface area contributed by atoms with Crippen LogP contribution in [0, 0.1) is 0 Å². The van der Waals surface area contributed by atoms with Crippen LogP contribution >= 0.6 is 11.8 Å². The zero-order chi connectivity index (χ0) is 22.6. The standard InChI is InChI=1S/C25H38N4OS/c1-24(2,3)19-16-20(25(4,5)6)18-21(17-19)29-13-11-28(12-14-29)10-7-15-31-23-26-9-8-22(30)27-23/h8-9,16-18H,7,10-15H2,1-6H3,(H,26,27,30). The smallest absolute Gasteiger partial charge is 0.251 e. The molecule has 170 valence electrons. The normalized spacial score (nSPS) is 16.0. The Morgan fingerprint density at radius 2 is 1.58 bits per heavy atom. The topological polar surface area (TPSA) is 52.2 Å². The van der Waals surface area contributed by atoms with Crippen LogP contribution < -0.4 is 10.5 Å². The lowest BCUT2D eigenvalue weighted by Crippen LogP contribution is -2.46. The maximum atomic E-state index is 11.3. The first-order valence-corrected chi connectivity index (χ1v) is 12.3. The highest BCUT2D eigenvalue weighted by Crippen LogP contribution is 2.33. The Morgan fingerprint density at radius 3 is 2.13 bits per heavy atom. The first-order chi connectivity index (χ1) is 14.5. The zero-order valence-electron chi connectivity index (χ0n) is 20.0. The molecule has 0 amide bonds. The third-order valence-corrected chi connectivity index (χ3v) is 6.87. The van der Waals surface area contributed by atoms with E-state index in [9.17, 15) is 4.79 Å². The van der Waals surface area contributed by atoms with Crippen molar-refractivity contribution < 1.29 is 0 Å². The molecular formula is C25H38N4OS. The van der Waals surface area contributed by atoms with Crippen LogP contribution in [0.3, 0.4) is 0 Å². The molecule has 0 atom stereocenters. The van der Waals surface area contributed by atoms with Crippen molar-refractivity contribution in [1.82, 2.24) is 14.9 Å². The van der Waals surface area contributed by atoms with Gasteiger partial charge in [0.1, 0.15) is 0 Å². The van der Waals surface area contributed by atoms with Gasteiger partial charge in [0, 0.05) is 49.9 Å². The summed E-state index contributed by atoms with van der Waals surface area (Å²) >= 11 is 1.62. The van der Waals surface area contributed by atoms with Crippen molar-refractivity contribution in [3.05, 3.63) is 51.9 Å². The predicted molar refractivity (Wildman–Crippen MR) is 133 cm³/mol. The molecule has 31 heavy (non-hydrogen) atoms. The Bertz CT molecular complexity index is 886. The Balaban J connectivity index is 1.54. The molecule has 1 aliphatic heterocycles. The Morgan fingerprint density at radius 1 is 0.968 bits per heavy atom. The van der Waals surface area contributed by atoms with Gasteiger partial charge in [-0.2, -0.15) is 0 Å². The van der Waals surface area contributed by atoms with E-state index in [2.05, 4.69) is 79.5 Å². The van der Waals surface area contributed by atoms with Crippen molar-refractivity contribution in [1.29, 1.82) is 0 Å². The molecule has 0 aliphatic carbocycles. The molecule has 1 aliphatic rings. The zero-order valence-corrected chi connectivity index (χ0v) is 20.8. The van der Waals surface area contributed by atoms with Gasteiger partial charge in [0.2, 0.25) is 0 Å². The van der Waals surface area contributed by atoms with Crippen LogP contribution in [0.2, 0.25) is 0 Å². The van der Waals surface area contributed by atoms with Crippen LogP contribution in [-0.4, -0.2) is 53.3 Å². The van der Waals surface area contributed by atoms with Crippen molar-refractivity contribution in [3.63, 3.8) is 0 Å². The maximum Gasteiger partial charge on any atom is 0.251 e. The van der Waals surface area contributed by atoms with Gasteiger partial charge in [-0.25, -0.2) is 4.98 Å². The average molecular weight is 443 g/mol. The molecule has 0 saturated carbocycles. The van der Waals surface area contributed by atoms with Gasteiger partial charge in [0.05, 0.1) is 0 Å². The highest BCUT2D eigenvalue weighted by Gasteiger charge is 2.23. The Labute approximate surface area is 191 Å². The van der Waals surface area contributed by atoms with Crippen LogP contribution in [-0.2, 0) is 10.8 Å². The van der Waals surface area contributed by atoms with E-state index in [0.717, 1.165) is 44.9 Å². The number of rotatable bonds is 6. The molecule has 2 heterocycles. The molecule has 0 radical (unpaired) electrons. The van der Waals surface area contributed by atoms with E-state index in [4.69, 9.17) is 0 Å². The van der Waals surface area contributed by atoms with Crippen molar-refractivity contribution in [2.24, 2.45) is 0 Å². The molecule has 1 aromatic heterocycles. The minimum atomic E-state index is -0.0845. The fraction of sp³-hybridized carbons (Fsp3) is 0.600. The molecule has 2 aromatic rings. The summed E-state index contributed by atoms with van der Waals surface area (Å²) in [4.78, 5) is 23.4. The van der Waals surface area contributed by atoms with Crippen molar-refractivity contribution in [3.8, 4) is 0 Å². The number of nitrogens with zero attached hydrogens (tertiary/aromatic N) is 3. The number of aromatic amines is 1. The number of anilines is 1. The number of aromatic nitrogens is 2. The molecule has 1 saturated heterocycles. The molecule has 1 aromatic carbocycles. The average Bonchev–Trinajstić information content (AvgIpc) is 2.70. The molecular weight excluding hydrogens is 404 g/mol. The number of thioether (sulfide) groups is 1. The van der Waals surface area contributed by atoms with Crippen molar-refractivity contribution in [2.45, 2.75) is 63.9 Å². The molecule has 1 fully saturated rings. The number of H-pyrrole nitrogens is 1. The van der Waals surface area contributed by atoms with Crippen LogP contribution in [0.1, 0.15) is 59.1 Å². The molecule has 0 spiro atoms. The second-order valence-electron chi connectivity index (χ2n) is 10.5. The van der Waals surface area contributed by atoms with E-state index < -0.39 is 0 Å². The second-order valence-corrected chi connectivity index (χ2v) is 11.6. The lowest BCUT2D eigenvalue weighted by atomic mass is 9.80. The van der Waals surface area contributed by atoms with Crippen molar-refractivity contribution >= 4 is 17.4 Å². The largest absolute Gasteiger partial charge is 0.369 e. The summed E-state index contributed by atoms with van der Waals surface area (Å²) in [6, 6.07) is 8.64. The molecule has 3 rings (SSSR count). The van der Waals surface area contributed by atoms with Gasteiger partial charge in [0.15, 0.2) is 5.16 Å². The summed E-state index contributed by atoms with van der Waals surface area (Å²) in [5, 5.41) is 0.714. The summed E-state index contributed by atoms with van der Waals surface area (Å²) < 4.78 is 0. The van der Waals surface area contributed by atoms with Crippen molar-refractivity contribution in [2.75, 3.05) is 43.4 Å². The van der Waals surface area contributed by atoms with Gasteiger partial charge in [0.25, 0.3) is 5.56 Å². The lowest BCUT2D eigenvalue weighted by Gasteiger charge is -2.37. The van der Waals surface area contributed by atoms with Gasteiger partial charge in [-0.3, -0.25) is 9.69 Å². The lowest BCUT2D eigenvalue weighted by molar-refractivity contribution is 0.259. The van der Waals surface area contributed by atoms with E-state index in [0.29, 0.717) is 5.16 Å². The quantitative estimate of drug-likeness (QED) is 0.400. The number of piperazine rings is 1. The first kappa shape index (κ1) is 23.9. The Kier molecular flexibility index (Phi) is 7.53. The van der Waals surface area contributed by atoms with Gasteiger partial charge >= 0.3 is 0 Å². The van der Waals surface area contributed by atoms with Gasteiger partial charge in [-0.15, -0.1) is 0 Å². The third-order valence-electron chi connectivity index (χ3n) is 5.89. The highest BCUT2D eigenvalue weighted by molar-refractivity contribution is 7.99. The molecule has 0 bridgehead atoms. The summed E-state index contributed by atoms with van der Waals surface area (Å²) in [6.07, 6.45) is 2.66. The SMILES string of the molecule is CC(C)(C)c1cc(N2CCN(CCCSc3nccc(=O)[nH]3)CC2)cc(C(C)(C)C)c1. The number of nitrogens with one attached hydrogen (secondary N) is 1. The molecule has 5 nitrogen and oxygen atoms in total. The number of benzene rings is 1. The molecule has 1 N–H and O–H groups in total. The second kappa shape index (κ2) is 9.78. The summed E-state index contributed by atoms with van der Waals surface area (Å²) in [7, 11) is 0. The number of hydrogen-bond acceptors (Lipinski definition) is 5. The van der Waals surface area contributed by atoms with E-state index in [-0.39, 0.29) is 16.4 Å². The Hall–Kier alpha value is -1.79. The van der Waals surface area contributed by atoms with E-state index in [1.807, 2.05) is 0 Å². The fourth-order valence-corrected chi connectivity index (χ4v) is 4.55. The third kappa shape index (κ3) is 6.84. The van der Waals surface area contributed by atoms with Crippen LogP contribution in [0.4, 0.5) is 5.69 Å². The monoisotopic (exact) mass is 442 g/mol. The van der Waals surface area contributed by atoms with Gasteiger partial charge in [-0.05, 0) is 47.1 Å². The summed E-state index contributed by atoms with van der Waals surface area (Å²) in [5.41, 5.74) is 4.41. The minimum Gasteiger partial charge on any atom is -0.369 e. The highest BCUT2D eigenvalue weighted by atomic mass is 32.2. The van der Waals surface area contributed by atoms with Gasteiger partial charge < -0.3 is 9.88 Å². The predicted octanol–water partition coefficient (Wildman–Crippen LogP) is 4.67. The van der Waals surface area contributed by atoms with E-state index in [1.165, 1.54) is 22.9 Å². The van der Waals surface area contributed by atoms with Gasteiger partial charge in [-0.1, -0.05) is 59.4 Å². The minimum absolute atomic E-state index is 0.0845. The van der Waals surface area contributed by atoms with Crippen LogP contribution in [0.15, 0.2) is 40.4 Å². The summed E-state index contributed by atoms with van der Waals surface area (Å²) in [6.45, 7) is 19.2. The van der Waals surface area contributed by atoms with E-state index in [1.54, 1.807) is 18.0 Å². The van der Waals surface area contributed by atoms with Crippen LogP contribution in [0.25, 0.3) is 0 Å². The maximum absolute atomic E-state index is 11.3. The van der Waals surface area contributed by atoms with E-state index >= 15 is 0 Å². The molecule has 0 unspecified atom stereocenters. The van der Waals surface area contributed by atoms with Crippen LogP contribution in [0.5, 0.6) is 0 Å². The summed E-state index contributed by atoms with van der Waals surface area (Å²) in [5.74, 6) is 0.968. The molecule has 6 heteroatoms. The fourth-order valence-electron chi connectivity index (χ4n) is 3.77. The first-order valence-electron chi connectivity index (χ1n) is 11.3.